The maximum absolute atomic E-state index is 14.3. The molecule has 7 aromatic rings. The van der Waals surface area contributed by atoms with Gasteiger partial charge < -0.3 is 67.2 Å². The maximum Gasteiger partial charge on any atom is 1.00 e. The van der Waals surface area contributed by atoms with E-state index in [1.165, 1.54) is 85.3 Å². The third kappa shape index (κ3) is 31.9. The quantitative estimate of drug-likeness (QED) is 0.0192. The Labute approximate surface area is 669 Å². The monoisotopic (exact) mass is 1520 g/mol. The van der Waals surface area contributed by atoms with E-state index in [-0.39, 0.29) is 176 Å². The van der Waals surface area contributed by atoms with Crippen molar-refractivity contribution < 1.29 is 118 Å². The molecule has 0 unspecified atom stereocenters. The van der Waals surface area contributed by atoms with Crippen LogP contribution in [0.3, 0.4) is 0 Å². The van der Waals surface area contributed by atoms with Gasteiger partial charge in [-0.25, -0.2) is 36.7 Å². The summed E-state index contributed by atoms with van der Waals surface area (Å²) in [6, 6.07) is 29.4. The first-order valence-corrected chi connectivity index (χ1v) is 33.0. The number of aromatic carboxylic acids is 1. The van der Waals surface area contributed by atoms with Gasteiger partial charge in [-0.3, -0.25) is 23.3 Å². The van der Waals surface area contributed by atoms with Gasteiger partial charge in [0, 0.05) is 45.4 Å². The topological polar surface area (TPSA) is 256 Å². The number of benzene rings is 4. The number of alkyl carbamates (subject to hydrolysis) is 3. The zero-order valence-electron chi connectivity index (χ0n) is 61.9. The average Bonchev–Trinajstić information content (AvgIpc) is 1.07. The minimum atomic E-state index is -1.11. The van der Waals surface area contributed by atoms with Crippen molar-refractivity contribution in [3.63, 3.8) is 0 Å². The van der Waals surface area contributed by atoms with Crippen molar-refractivity contribution in [2.45, 2.75) is 179 Å². The molecular formula is C76H99Cl2F4KN12O10. The average molecular weight is 1530 g/mol. The van der Waals surface area contributed by atoms with Gasteiger partial charge >= 0.3 is 75.6 Å². The number of halogens is 6. The molecule has 566 valence electrons. The van der Waals surface area contributed by atoms with Gasteiger partial charge in [-0.2, -0.15) is 0 Å². The van der Waals surface area contributed by atoms with Crippen molar-refractivity contribution in [3.05, 3.63) is 228 Å². The van der Waals surface area contributed by atoms with Crippen LogP contribution >= 0.6 is 23.2 Å². The second-order valence-electron chi connectivity index (χ2n) is 25.8. The number of nitrogens with one attached hydrogen (secondary N) is 4. The van der Waals surface area contributed by atoms with Crippen molar-refractivity contribution in [1.82, 2.24) is 39.9 Å². The van der Waals surface area contributed by atoms with Gasteiger partial charge in [-0.05, 0) is 168 Å². The Morgan fingerprint density at radius 2 is 0.886 bits per heavy atom. The molecule has 0 aliphatic carbocycles. The van der Waals surface area contributed by atoms with E-state index in [4.69, 9.17) is 68.0 Å². The predicted molar refractivity (Wildman–Crippen MR) is 400 cm³/mol. The number of hydrogen-bond acceptors (Lipinski definition) is 10. The molecular weight excluding hydrogens is 1430 g/mol. The van der Waals surface area contributed by atoms with Crippen molar-refractivity contribution in [1.29, 1.82) is 0 Å². The molecule has 4 aromatic carbocycles. The number of nitrogens with zero attached hydrogens (tertiary/aromatic N) is 7. The Hall–Kier alpha value is -8.69. The van der Waals surface area contributed by atoms with Crippen LogP contribution in [0.5, 0.6) is 0 Å². The van der Waals surface area contributed by atoms with Gasteiger partial charge in [0.2, 0.25) is 17.5 Å². The molecule has 0 saturated heterocycles. The third-order valence-electron chi connectivity index (χ3n) is 14.4. The number of nitrogens with two attached hydrogens (primary N) is 1. The zero-order valence-corrected chi connectivity index (χ0v) is 65.5. The normalized spacial score (nSPS) is 11.6. The molecule has 0 aliphatic rings. The molecule has 3 heterocycles. The summed E-state index contributed by atoms with van der Waals surface area (Å²) in [5, 5.41) is 20.2. The number of carboxylic acid groups (broad SMARTS) is 1. The van der Waals surface area contributed by atoms with E-state index in [2.05, 4.69) is 35.8 Å². The van der Waals surface area contributed by atoms with E-state index in [9.17, 15) is 46.3 Å². The van der Waals surface area contributed by atoms with E-state index in [1.54, 1.807) is 145 Å². The molecule has 0 saturated carbocycles. The fourth-order valence-electron chi connectivity index (χ4n) is 9.36. The van der Waals surface area contributed by atoms with Gasteiger partial charge in [-0.1, -0.05) is 120 Å². The number of rotatable bonds is 19. The molecule has 4 atom stereocenters. The van der Waals surface area contributed by atoms with Crippen molar-refractivity contribution in [3.8, 4) is 0 Å². The summed E-state index contributed by atoms with van der Waals surface area (Å²) in [5.41, 5.74) is 5.95. The number of aromatic nitrogens is 3. The smallest absolute Gasteiger partial charge is 1.00 e. The minimum Gasteiger partial charge on any atom is -1.00 e. The van der Waals surface area contributed by atoms with Crippen molar-refractivity contribution >= 4 is 76.7 Å². The molecule has 29 heteroatoms. The SMILES string of the molecule is C.C.CC[C@@H](C)c1c(F)cccc1Cl.C[C@H](N)c1ccccc1F.[C-]#[N+]c1ccc(C(=O)N(C)[C@@H](C)c2c(F)cccc2Cl)n1CCNC(=O)OC(C)(C)C.[C-]#[N+]c1ccc(C(=O)N[C@@H](C)c2ccccc2F)n1CCNC(=O)OC(C)(C)C.[C-]#[N+]c1ccc(C(=O)O)n1CCNC(=O)OC(C)(C)C.[H-].[K+]. The number of carbonyl (C=O) groups is 6. The second kappa shape index (κ2) is 45.6. The number of carbonyl (C=O) groups excluding carboxylic acids is 5. The maximum atomic E-state index is 14.3. The first kappa shape index (κ1) is 96.3. The largest absolute Gasteiger partial charge is 1.00 e. The molecule has 7 N–H and O–H groups in total. The molecule has 0 radical (unpaired) electrons. The van der Waals surface area contributed by atoms with Gasteiger partial charge in [-0.15, -0.1) is 0 Å². The number of carboxylic acids is 1. The van der Waals surface area contributed by atoms with Gasteiger partial charge in [0.15, 0.2) is 17.1 Å². The second-order valence-corrected chi connectivity index (χ2v) is 26.6. The molecule has 105 heavy (non-hydrogen) atoms. The summed E-state index contributed by atoms with van der Waals surface area (Å²) in [5.74, 6) is -2.36. The van der Waals surface area contributed by atoms with Crippen LogP contribution in [-0.2, 0) is 33.8 Å². The summed E-state index contributed by atoms with van der Waals surface area (Å²) in [4.78, 5) is 83.4. The molecule has 3 aromatic heterocycles. The molecule has 0 spiro atoms. The molecule has 7 rings (SSSR count). The van der Waals surface area contributed by atoms with E-state index in [0.29, 0.717) is 21.7 Å². The van der Waals surface area contributed by atoms with Crippen LogP contribution in [0.2, 0.25) is 10.0 Å². The summed E-state index contributed by atoms with van der Waals surface area (Å²) in [7, 11) is 1.55. The number of amides is 5. The van der Waals surface area contributed by atoms with Crippen LogP contribution in [0.15, 0.2) is 121 Å². The van der Waals surface area contributed by atoms with Crippen LogP contribution in [-0.4, -0.2) is 103 Å². The van der Waals surface area contributed by atoms with Gasteiger partial charge in [0.25, 0.3) is 11.8 Å². The molecule has 5 amide bonds. The van der Waals surface area contributed by atoms with E-state index in [0.717, 1.165) is 6.42 Å². The molecule has 22 nitrogen and oxygen atoms in total. The fraction of sp³-hybridized carbons (Fsp3) is 0.408. The van der Waals surface area contributed by atoms with Crippen LogP contribution in [0.25, 0.3) is 14.5 Å². The van der Waals surface area contributed by atoms with E-state index < -0.39 is 76.6 Å². The first-order chi connectivity index (χ1) is 47.7. The molecule has 0 fully saturated rings. The van der Waals surface area contributed by atoms with E-state index in [1.807, 2.05) is 13.8 Å². The standard InChI is InChI=1S/C22H26ClFN4O3.C21H25FN4O3.C13H17N3O4.C10H12ClF.C8H10FN.2CH4.K.H/c1-14(19-15(23)8-7-9-16(19)24)27(6)20(29)17-10-11-18(25-5)28(17)13-12-26-21(30)31-22(2,3)4;1-14(15-8-6-7-9-16(15)22)25-19(27)17-10-11-18(23-5)26(17)13-12-24-20(28)29-21(2,3)4;1-13(2,3)20-12(19)15-7-8-16-9(11(17)18)5-6-10(16)14-4;1-3-7(2)10-8(11)5-4-6-9(10)12;1-6(10)7-4-2-3-5-8(7)9;;;;/h7-11,14H,12-13H2,1-4,6H3,(H,26,30);6-11,14H,12-13H2,1-4H3,(H,24,28)(H,25,27);5-6H,7-8H2,1-3H3,(H,15,19)(H,17,18);4-7H,3H2,1-2H3;2-6H,10H2,1H3;2*1H4;;/q;;;;;;;+1;-1/t2*14-;;7-;6-;;;;/m00.10..../s1. The van der Waals surface area contributed by atoms with Gasteiger partial charge in [0.05, 0.1) is 51.4 Å². The van der Waals surface area contributed by atoms with Crippen LogP contribution < -0.4 is 78.4 Å². The number of hydrogen-bond donors (Lipinski definition) is 6. The Morgan fingerprint density at radius 1 is 0.543 bits per heavy atom. The number of ether oxygens (including phenoxy) is 3. The van der Waals surface area contributed by atoms with Crippen LogP contribution in [0.4, 0.5) is 49.4 Å². The minimum absolute atomic E-state index is 0. The first-order valence-electron chi connectivity index (χ1n) is 32.3. The van der Waals surface area contributed by atoms with Crippen molar-refractivity contribution in [2.75, 3.05) is 26.7 Å². The predicted octanol–water partition coefficient (Wildman–Crippen LogP) is 15.9. The summed E-state index contributed by atoms with van der Waals surface area (Å²) in [6.45, 7) is 47.6. The molecule has 0 bridgehead atoms. The van der Waals surface area contributed by atoms with Gasteiger partial charge in [0.1, 0.15) is 40.1 Å². The zero-order chi connectivity index (χ0) is 77.0. The third-order valence-corrected chi connectivity index (χ3v) is 15.1. The van der Waals surface area contributed by atoms with Crippen LogP contribution in [0.1, 0.15) is 197 Å². The Balaban J connectivity index is 0. The van der Waals surface area contributed by atoms with E-state index >= 15 is 0 Å². The summed E-state index contributed by atoms with van der Waals surface area (Å²) >= 11 is 12.0. The van der Waals surface area contributed by atoms with Crippen molar-refractivity contribution in [2.24, 2.45) is 5.73 Å². The summed E-state index contributed by atoms with van der Waals surface area (Å²) < 4.78 is 74.0. The Morgan fingerprint density at radius 3 is 1.23 bits per heavy atom. The summed E-state index contributed by atoms with van der Waals surface area (Å²) in [6.07, 6.45) is -0.836. The van der Waals surface area contributed by atoms with Crippen LogP contribution in [0, 0.1) is 43.0 Å². The fourth-order valence-corrected chi connectivity index (χ4v) is 10.0. The molecule has 0 aliphatic heterocycles. The Bertz CT molecular complexity index is 4090. The Kier molecular flexibility index (Phi) is 41.8.